The minimum atomic E-state index is -1.23. The van der Waals surface area contributed by atoms with Crippen LogP contribution in [0.3, 0.4) is 0 Å². The number of nitrogens with zero attached hydrogens (tertiary/aromatic N) is 3. The summed E-state index contributed by atoms with van der Waals surface area (Å²) in [5, 5.41) is 11.7. The minimum absolute atomic E-state index is 0.139. The summed E-state index contributed by atoms with van der Waals surface area (Å²) in [6.07, 6.45) is 0.139. The second kappa shape index (κ2) is 8.37. The number of carbonyl (C=O) groups excluding carboxylic acids is 3. The molecule has 1 aliphatic rings. The fraction of sp³-hybridized carbons (Fsp3) is 0.304. The van der Waals surface area contributed by atoms with Gasteiger partial charge in [-0.2, -0.15) is 5.26 Å². The van der Waals surface area contributed by atoms with Gasteiger partial charge < -0.3 is 10.2 Å². The third kappa shape index (κ3) is 3.90. The van der Waals surface area contributed by atoms with Gasteiger partial charge in [0, 0.05) is 12.2 Å². The smallest absolute Gasteiger partial charge is 0.319 e. The average Bonchev–Trinajstić information content (AvgIpc) is 2.95. The highest BCUT2D eigenvalue weighted by molar-refractivity contribution is 6.10. The van der Waals surface area contributed by atoms with Crippen LogP contribution in [-0.4, -0.2) is 35.8 Å². The molecule has 0 radical (unpaired) electrons. The minimum Gasteiger partial charge on any atom is -0.319 e. The zero-order valence-electron chi connectivity index (χ0n) is 17.3. The maximum Gasteiger partial charge on any atom is 0.325 e. The summed E-state index contributed by atoms with van der Waals surface area (Å²) in [7, 11) is 0. The molecule has 1 N–H and O–H groups in total. The number of hydrogen-bond acceptors (Lipinski definition) is 4. The van der Waals surface area contributed by atoms with Crippen LogP contribution in [0.2, 0.25) is 0 Å². The lowest BCUT2D eigenvalue weighted by Gasteiger charge is -2.25. The number of carbonyl (C=O) groups is 3. The van der Waals surface area contributed by atoms with Gasteiger partial charge >= 0.3 is 6.03 Å². The first-order valence-electron chi connectivity index (χ1n) is 9.72. The number of benzene rings is 2. The van der Waals surface area contributed by atoms with E-state index in [0.29, 0.717) is 11.3 Å². The third-order valence-electron chi connectivity index (χ3n) is 5.47. The van der Waals surface area contributed by atoms with E-state index in [2.05, 4.69) is 5.32 Å². The average molecular weight is 404 g/mol. The molecule has 2 aromatic carbocycles. The molecule has 0 bridgehead atoms. The monoisotopic (exact) mass is 404 g/mol. The maximum atomic E-state index is 13.1. The molecular weight excluding hydrogens is 380 g/mol. The van der Waals surface area contributed by atoms with Crippen molar-refractivity contribution in [2.45, 2.75) is 32.7 Å². The largest absolute Gasteiger partial charge is 0.325 e. The Balaban J connectivity index is 1.84. The summed E-state index contributed by atoms with van der Waals surface area (Å²) in [6, 6.07) is 15.9. The Kier molecular flexibility index (Phi) is 5.88. The number of hydrogen-bond donors (Lipinski definition) is 1. The lowest BCUT2D eigenvalue weighted by Crippen LogP contribution is -2.45. The van der Waals surface area contributed by atoms with E-state index < -0.39 is 29.9 Å². The van der Waals surface area contributed by atoms with Crippen molar-refractivity contribution in [3.05, 3.63) is 65.2 Å². The molecule has 3 rings (SSSR count). The van der Waals surface area contributed by atoms with Gasteiger partial charge in [-0.05, 0) is 49.6 Å². The van der Waals surface area contributed by atoms with Crippen molar-refractivity contribution in [1.82, 2.24) is 10.2 Å². The first kappa shape index (κ1) is 21.1. The van der Waals surface area contributed by atoms with Gasteiger partial charge in [-0.25, -0.2) is 4.79 Å². The summed E-state index contributed by atoms with van der Waals surface area (Å²) in [6.45, 7) is 5.32. The molecule has 2 aromatic rings. The Morgan fingerprint density at radius 2 is 1.83 bits per heavy atom. The van der Waals surface area contributed by atoms with E-state index in [1.165, 1.54) is 4.90 Å². The maximum absolute atomic E-state index is 13.1. The number of anilines is 1. The van der Waals surface area contributed by atoms with E-state index in [1.54, 1.807) is 37.3 Å². The predicted molar refractivity (Wildman–Crippen MR) is 113 cm³/mol. The first-order valence-corrected chi connectivity index (χ1v) is 9.72. The molecule has 30 heavy (non-hydrogen) atoms. The van der Waals surface area contributed by atoms with Gasteiger partial charge in [0.2, 0.25) is 5.91 Å². The van der Waals surface area contributed by atoms with Crippen LogP contribution in [0.4, 0.5) is 10.5 Å². The number of nitriles is 1. The van der Waals surface area contributed by atoms with Crippen molar-refractivity contribution in [1.29, 1.82) is 5.26 Å². The second-order valence-corrected chi connectivity index (χ2v) is 7.53. The zero-order valence-corrected chi connectivity index (χ0v) is 17.3. The van der Waals surface area contributed by atoms with E-state index in [0.717, 1.165) is 16.0 Å². The Labute approximate surface area is 175 Å². The molecule has 1 saturated heterocycles. The van der Waals surface area contributed by atoms with Crippen LogP contribution in [0.15, 0.2) is 48.5 Å². The van der Waals surface area contributed by atoms with Gasteiger partial charge in [-0.15, -0.1) is 0 Å². The number of amides is 4. The highest BCUT2D eigenvalue weighted by Gasteiger charge is 2.49. The number of urea groups is 1. The van der Waals surface area contributed by atoms with Gasteiger partial charge in [0.25, 0.3) is 5.91 Å². The molecular formula is C23H24N4O3. The SMILES string of the molecule is Cc1ccc(N(CCC#N)C(=O)CN2C(=O)NC(C)(c3ccccc3)C2=O)cc1C. The molecule has 1 unspecified atom stereocenters. The molecule has 0 spiro atoms. The van der Waals surface area contributed by atoms with Gasteiger partial charge in [0.05, 0.1) is 12.5 Å². The normalized spacial score (nSPS) is 18.1. The molecule has 4 amide bonds. The van der Waals surface area contributed by atoms with E-state index in [1.807, 2.05) is 38.1 Å². The number of rotatable bonds is 6. The molecule has 1 aliphatic heterocycles. The molecule has 1 fully saturated rings. The zero-order chi connectivity index (χ0) is 21.9. The van der Waals surface area contributed by atoms with Gasteiger partial charge in [-0.1, -0.05) is 36.4 Å². The molecule has 154 valence electrons. The number of aryl methyl sites for hydroxylation is 2. The Morgan fingerprint density at radius 3 is 2.47 bits per heavy atom. The van der Waals surface area contributed by atoms with Crippen molar-refractivity contribution in [2.24, 2.45) is 0 Å². The Morgan fingerprint density at radius 1 is 1.13 bits per heavy atom. The van der Waals surface area contributed by atoms with Crippen LogP contribution < -0.4 is 10.2 Å². The molecule has 0 aliphatic carbocycles. The molecule has 0 saturated carbocycles. The van der Waals surface area contributed by atoms with Crippen molar-refractivity contribution < 1.29 is 14.4 Å². The van der Waals surface area contributed by atoms with Crippen LogP contribution in [-0.2, 0) is 15.1 Å². The highest BCUT2D eigenvalue weighted by atomic mass is 16.2. The fourth-order valence-electron chi connectivity index (χ4n) is 3.48. The van der Waals surface area contributed by atoms with Crippen molar-refractivity contribution in [3.8, 4) is 6.07 Å². The van der Waals surface area contributed by atoms with Crippen molar-refractivity contribution in [3.63, 3.8) is 0 Å². The van der Waals surface area contributed by atoms with E-state index in [4.69, 9.17) is 5.26 Å². The molecule has 1 heterocycles. The first-order chi connectivity index (χ1) is 14.3. The van der Waals surface area contributed by atoms with E-state index >= 15 is 0 Å². The van der Waals surface area contributed by atoms with Gasteiger partial charge in [0.15, 0.2) is 0 Å². The molecule has 7 heteroatoms. The number of imide groups is 1. The third-order valence-corrected chi connectivity index (χ3v) is 5.47. The second-order valence-electron chi connectivity index (χ2n) is 7.53. The summed E-state index contributed by atoms with van der Waals surface area (Å²) in [5.74, 6) is -0.901. The predicted octanol–water partition coefficient (Wildman–Crippen LogP) is 3.02. The fourth-order valence-corrected chi connectivity index (χ4v) is 3.48. The van der Waals surface area contributed by atoms with Gasteiger partial charge in [0.1, 0.15) is 12.1 Å². The van der Waals surface area contributed by atoms with Crippen molar-refractivity contribution >= 4 is 23.5 Å². The van der Waals surface area contributed by atoms with Gasteiger partial charge in [-0.3, -0.25) is 14.5 Å². The summed E-state index contributed by atoms with van der Waals surface area (Å²) in [5.41, 5.74) is 2.15. The van der Waals surface area contributed by atoms with Crippen LogP contribution in [0.1, 0.15) is 30.0 Å². The topological polar surface area (TPSA) is 93.5 Å². The Bertz CT molecular complexity index is 1030. The van der Waals surface area contributed by atoms with E-state index in [9.17, 15) is 14.4 Å². The summed E-state index contributed by atoms with van der Waals surface area (Å²) >= 11 is 0. The van der Waals surface area contributed by atoms with Crippen LogP contribution >= 0.6 is 0 Å². The molecule has 1 atom stereocenters. The lowest BCUT2D eigenvalue weighted by atomic mass is 9.92. The molecule has 0 aromatic heterocycles. The number of nitrogens with one attached hydrogen (secondary N) is 1. The quantitative estimate of drug-likeness (QED) is 0.749. The molecule has 7 nitrogen and oxygen atoms in total. The highest BCUT2D eigenvalue weighted by Crippen LogP contribution is 2.29. The summed E-state index contributed by atoms with van der Waals surface area (Å²) < 4.78 is 0. The standard InChI is InChI=1S/C23H24N4O3/c1-16-10-11-19(14-17(16)2)26(13-7-12-24)20(28)15-27-21(29)23(3,25-22(27)30)18-8-5-4-6-9-18/h4-6,8-11,14H,7,13,15H2,1-3H3,(H,25,30). The lowest BCUT2D eigenvalue weighted by molar-refractivity contribution is -0.134. The van der Waals surface area contributed by atoms with E-state index in [-0.39, 0.29) is 13.0 Å². The van der Waals surface area contributed by atoms with Crippen molar-refractivity contribution in [2.75, 3.05) is 18.0 Å². The van der Waals surface area contributed by atoms with Crippen LogP contribution in [0, 0.1) is 25.2 Å². The van der Waals surface area contributed by atoms with Crippen LogP contribution in [0.5, 0.6) is 0 Å². The van der Waals surface area contributed by atoms with Crippen LogP contribution in [0.25, 0.3) is 0 Å². The summed E-state index contributed by atoms with van der Waals surface area (Å²) in [4.78, 5) is 41.1. The Hall–Kier alpha value is -3.66.